The molecule has 4 heteroatoms. The SMILES string of the molecule is COc1ccccc1[NH2+]N(C)C(C)C.[Cl-]. The van der Waals surface area contributed by atoms with Gasteiger partial charge in [0.25, 0.3) is 0 Å². The second-order valence-electron chi connectivity index (χ2n) is 3.63. The number of nitrogens with zero attached hydrogens (tertiary/aromatic N) is 1. The Morgan fingerprint density at radius 1 is 1.27 bits per heavy atom. The predicted octanol–water partition coefficient (Wildman–Crippen LogP) is -1.85. The van der Waals surface area contributed by atoms with Crippen molar-refractivity contribution in [1.29, 1.82) is 0 Å². The van der Waals surface area contributed by atoms with Crippen LogP contribution in [-0.4, -0.2) is 25.2 Å². The maximum Gasteiger partial charge on any atom is 0.191 e. The number of ether oxygens (including phenoxy) is 1. The first-order valence-corrected chi connectivity index (χ1v) is 4.85. The zero-order valence-corrected chi connectivity index (χ0v) is 10.5. The number of nitrogens with two attached hydrogens (primary N) is 1. The third-order valence-corrected chi connectivity index (χ3v) is 2.30. The Morgan fingerprint density at radius 3 is 2.40 bits per heavy atom. The van der Waals surface area contributed by atoms with E-state index < -0.39 is 0 Å². The summed E-state index contributed by atoms with van der Waals surface area (Å²) in [5.41, 5.74) is 3.22. The van der Waals surface area contributed by atoms with E-state index in [-0.39, 0.29) is 12.4 Å². The summed E-state index contributed by atoms with van der Waals surface area (Å²) in [6.45, 7) is 4.32. The van der Waals surface area contributed by atoms with Crippen molar-refractivity contribution in [1.82, 2.24) is 5.01 Å². The van der Waals surface area contributed by atoms with E-state index >= 15 is 0 Å². The summed E-state index contributed by atoms with van der Waals surface area (Å²) in [5, 5.41) is 2.16. The molecule has 1 aromatic carbocycles. The highest BCUT2D eigenvalue weighted by atomic mass is 35.5. The van der Waals surface area contributed by atoms with Crippen molar-refractivity contribution < 1.29 is 22.6 Å². The molecule has 15 heavy (non-hydrogen) atoms. The van der Waals surface area contributed by atoms with Crippen LogP contribution in [0.15, 0.2) is 24.3 Å². The summed E-state index contributed by atoms with van der Waals surface area (Å²) < 4.78 is 5.27. The third kappa shape index (κ3) is 4.08. The van der Waals surface area contributed by atoms with E-state index in [1.165, 1.54) is 0 Å². The van der Waals surface area contributed by atoms with Gasteiger partial charge in [-0.2, -0.15) is 5.01 Å². The van der Waals surface area contributed by atoms with Gasteiger partial charge >= 0.3 is 0 Å². The third-order valence-electron chi connectivity index (χ3n) is 2.30. The van der Waals surface area contributed by atoms with Crippen LogP contribution in [0, 0.1) is 0 Å². The van der Waals surface area contributed by atoms with Crippen molar-refractivity contribution in [2.24, 2.45) is 0 Å². The molecule has 0 heterocycles. The number of methoxy groups -OCH3 is 1. The van der Waals surface area contributed by atoms with E-state index in [1.807, 2.05) is 18.2 Å². The topological polar surface area (TPSA) is 29.1 Å². The highest BCUT2D eigenvalue weighted by molar-refractivity contribution is 5.44. The lowest BCUT2D eigenvalue weighted by molar-refractivity contribution is -0.739. The van der Waals surface area contributed by atoms with E-state index in [9.17, 15) is 0 Å². The van der Waals surface area contributed by atoms with Crippen molar-refractivity contribution in [3.63, 3.8) is 0 Å². The smallest absolute Gasteiger partial charge is 0.191 e. The van der Waals surface area contributed by atoms with E-state index in [4.69, 9.17) is 4.74 Å². The Balaban J connectivity index is 0.00000196. The van der Waals surface area contributed by atoms with Gasteiger partial charge in [-0.15, -0.1) is 0 Å². The fourth-order valence-corrected chi connectivity index (χ4v) is 1.14. The standard InChI is InChI=1S/C11H18N2O.ClH/c1-9(2)13(3)12-10-7-5-6-8-11(10)14-4;/h5-9,12H,1-4H3;1H. The Morgan fingerprint density at radius 2 is 1.87 bits per heavy atom. The Hall–Kier alpha value is -0.770. The average molecular weight is 231 g/mol. The van der Waals surface area contributed by atoms with E-state index in [0.717, 1.165) is 11.4 Å². The summed E-state index contributed by atoms with van der Waals surface area (Å²) >= 11 is 0. The molecule has 2 N–H and O–H groups in total. The largest absolute Gasteiger partial charge is 1.00 e. The van der Waals surface area contributed by atoms with Crippen molar-refractivity contribution >= 4 is 5.69 Å². The van der Waals surface area contributed by atoms with Crippen molar-refractivity contribution in [2.75, 3.05) is 14.2 Å². The van der Waals surface area contributed by atoms with E-state index in [0.29, 0.717) is 6.04 Å². The first-order chi connectivity index (χ1) is 6.65. The van der Waals surface area contributed by atoms with Gasteiger partial charge in [-0.05, 0) is 19.9 Å². The molecular formula is C11H19ClN2O. The van der Waals surface area contributed by atoms with Crippen LogP contribution >= 0.6 is 0 Å². The monoisotopic (exact) mass is 230 g/mol. The lowest BCUT2D eigenvalue weighted by atomic mass is 10.3. The second kappa shape index (κ2) is 6.67. The van der Waals surface area contributed by atoms with Crippen molar-refractivity contribution in [2.45, 2.75) is 19.9 Å². The lowest BCUT2D eigenvalue weighted by Crippen LogP contribution is -3.00. The molecule has 0 spiro atoms. The van der Waals surface area contributed by atoms with Crippen LogP contribution in [0.3, 0.4) is 0 Å². The van der Waals surface area contributed by atoms with Gasteiger partial charge in [-0.1, -0.05) is 12.1 Å². The number of hydrogen-bond acceptors (Lipinski definition) is 2. The predicted molar refractivity (Wildman–Crippen MR) is 57.5 cm³/mol. The van der Waals surface area contributed by atoms with Gasteiger partial charge in [0, 0.05) is 13.1 Å². The fourth-order valence-electron chi connectivity index (χ4n) is 1.14. The van der Waals surface area contributed by atoms with Gasteiger partial charge in [-0.25, -0.2) is 5.43 Å². The fraction of sp³-hybridized carbons (Fsp3) is 0.455. The number of benzene rings is 1. The molecule has 0 amide bonds. The highest BCUT2D eigenvalue weighted by Gasteiger charge is 2.11. The van der Waals surface area contributed by atoms with Gasteiger partial charge in [0.2, 0.25) is 0 Å². The van der Waals surface area contributed by atoms with Crippen LogP contribution in [0.2, 0.25) is 0 Å². The molecule has 0 aliphatic heterocycles. The van der Waals surface area contributed by atoms with Crippen LogP contribution in [0.1, 0.15) is 13.8 Å². The maximum absolute atomic E-state index is 5.27. The summed E-state index contributed by atoms with van der Waals surface area (Å²) in [5.74, 6) is 0.917. The molecule has 0 fully saturated rings. The van der Waals surface area contributed by atoms with Crippen LogP contribution in [0.25, 0.3) is 0 Å². The van der Waals surface area contributed by atoms with E-state index in [2.05, 4.69) is 37.4 Å². The van der Waals surface area contributed by atoms with Crippen LogP contribution in [0.5, 0.6) is 5.75 Å². The molecule has 0 aromatic heterocycles. The van der Waals surface area contributed by atoms with Gasteiger partial charge in [0.05, 0.1) is 13.2 Å². The summed E-state index contributed by atoms with van der Waals surface area (Å²) in [7, 11) is 3.76. The molecule has 3 nitrogen and oxygen atoms in total. The highest BCUT2D eigenvalue weighted by Crippen LogP contribution is 2.17. The second-order valence-corrected chi connectivity index (χ2v) is 3.63. The summed E-state index contributed by atoms with van der Waals surface area (Å²) in [4.78, 5) is 0. The maximum atomic E-state index is 5.27. The number of rotatable bonds is 4. The first-order valence-electron chi connectivity index (χ1n) is 4.85. The van der Waals surface area contributed by atoms with Gasteiger partial charge in [0.15, 0.2) is 11.4 Å². The van der Waals surface area contributed by atoms with Crippen LogP contribution < -0.4 is 22.6 Å². The molecule has 0 saturated heterocycles. The molecule has 0 saturated carbocycles. The van der Waals surface area contributed by atoms with E-state index in [1.54, 1.807) is 7.11 Å². The molecule has 0 atom stereocenters. The molecule has 0 aliphatic carbocycles. The molecule has 1 aromatic rings. The Bertz CT molecular complexity index is 292. The zero-order valence-electron chi connectivity index (χ0n) is 9.70. The van der Waals surface area contributed by atoms with Gasteiger partial charge in [0.1, 0.15) is 0 Å². The van der Waals surface area contributed by atoms with Crippen LogP contribution in [0.4, 0.5) is 5.69 Å². The molecule has 0 bridgehead atoms. The number of para-hydroxylation sites is 1. The van der Waals surface area contributed by atoms with Gasteiger partial charge in [-0.3, -0.25) is 0 Å². The summed E-state index contributed by atoms with van der Waals surface area (Å²) in [6.07, 6.45) is 0. The average Bonchev–Trinajstić information content (AvgIpc) is 2.18. The minimum Gasteiger partial charge on any atom is -1.00 e. The first kappa shape index (κ1) is 14.2. The van der Waals surface area contributed by atoms with Crippen LogP contribution in [-0.2, 0) is 0 Å². The minimum atomic E-state index is 0. The number of halogens is 1. The number of quaternary nitrogens is 1. The molecule has 0 radical (unpaired) electrons. The number of hydrogen-bond donors (Lipinski definition) is 1. The molecular weight excluding hydrogens is 212 g/mol. The molecule has 1 rings (SSSR count). The normalized spacial score (nSPS) is 10.3. The molecule has 86 valence electrons. The quantitative estimate of drug-likeness (QED) is 0.374. The zero-order chi connectivity index (χ0) is 10.6. The van der Waals surface area contributed by atoms with Crippen molar-refractivity contribution in [3.05, 3.63) is 24.3 Å². The Kier molecular flexibility index (Phi) is 6.32. The van der Waals surface area contributed by atoms with Crippen molar-refractivity contribution in [3.8, 4) is 5.75 Å². The van der Waals surface area contributed by atoms with Gasteiger partial charge < -0.3 is 17.1 Å². The minimum absolute atomic E-state index is 0. The lowest BCUT2D eigenvalue weighted by Gasteiger charge is -2.18. The summed E-state index contributed by atoms with van der Waals surface area (Å²) in [6, 6.07) is 8.52. The molecule has 0 aliphatic rings. The Labute approximate surface area is 97.8 Å². The molecule has 0 unspecified atom stereocenters.